The van der Waals surface area contributed by atoms with Crippen molar-refractivity contribution >= 4 is 57.1 Å². The van der Waals surface area contributed by atoms with Crippen LogP contribution < -0.4 is 16.0 Å². The average molecular weight is 555 g/mol. The maximum Gasteiger partial charge on any atom is 0.225 e. The van der Waals surface area contributed by atoms with Crippen LogP contribution in [0.25, 0.3) is 27.2 Å². The molecule has 3 heterocycles. The van der Waals surface area contributed by atoms with Gasteiger partial charge in [-0.15, -0.1) is 11.6 Å². The number of thiazole rings is 1. The fraction of sp³-hybridized carbons (Fsp3) is 0.107. The number of aliphatic imine (C=N–C) groups is 1. The first-order chi connectivity index (χ1) is 19.1. The largest absolute Gasteiger partial charge is 0.326 e. The summed E-state index contributed by atoms with van der Waals surface area (Å²) in [6.45, 7) is 0.354. The fourth-order valence-corrected chi connectivity index (χ4v) is 5.04. The Hall–Kier alpha value is -4.72. The molecule has 3 N–H and O–H groups in total. The number of carbonyl (C=O) groups is 1. The summed E-state index contributed by atoms with van der Waals surface area (Å²) in [6, 6.07) is 19.6. The van der Waals surface area contributed by atoms with Crippen LogP contribution in [-0.2, 0) is 11.3 Å². The zero-order chi connectivity index (χ0) is 27.0. The van der Waals surface area contributed by atoms with Crippen LogP contribution in [-0.4, -0.2) is 32.3 Å². The highest BCUT2D eigenvalue weighted by atomic mass is 35.5. The second-order valence-electron chi connectivity index (χ2n) is 8.36. The third-order valence-corrected chi connectivity index (χ3v) is 6.94. The Morgan fingerprint density at radius 2 is 1.92 bits per heavy atom. The molecule has 5 rings (SSSR count). The molecule has 0 saturated heterocycles. The smallest absolute Gasteiger partial charge is 0.225 e. The summed E-state index contributed by atoms with van der Waals surface area (Å²) >= 11 is 7.22. The minimum atomic E-state index is -0.112. The lowest BCUT2D eigenvalue weighted by molar-refractivity contribution is -0.115. The Balaban J connectivity index is 1.37. The number of hydrogen-bond acceptors (Lipinski definition) is 6. The SMILES string of the molecule is N#CNC(=NCc1cnc(-n2ccc3c(-c4cccc(NC(=O)CCCl)c4)cccc32)s1)Nc1ccncc1. The van der Waals surface area contributed by atoms with Crippen LogP contribution in [0.1, 0.15) is 11.3 Å². The molecule has 2 aromatic carbocycles. The van der Waals surface area contributed by atoms with Gasteiger partial charge >= 0.3 is 0 Å². The lowest BCUT2D eigenvalue weighted by atomic mass is 10.0. The van der Waals surface area contributed by atoms with E-state index < -0.39 is 0 Å². The predicted molar refractivity (Wildman–Crippen MR) is 156 cm³/mol. The number of rotatable bonds is 8. The Morgan fingerprint density at radius 3 is 2.74 bits per heavy atom. The number of hydrogen-bond donors (Lipinski definition) is 3. The molecule has 0 radical (unpaired) electrons. The molecule has 0 aliphatic rings. The number of benzene rings is 2. The summed E-state index contributed by atoms with van der Waals surface area (Å²) in [5, 5.41) is 19.5. The van der Waals surface area contributed by atoms with E-state index in [2.05, 4.69) is 49.1 Å². The number of fused-ring (bicyclic) bond motifs is 1. The second-order valence-corrected chi connectivity index (χ2v) is 9.84. The zero-order valence-electron chi connectivity index (χ0n) is 20.6. The number of amides is 1. The van der Waals surface area contributed by atoms with Crippen molar-refractivity contribution in [3.8, 4) is 22.5 Å². The highest BCUT2D eigenvalue weighted by molar-refractivity contribution is 7.14. The Kier molecular flexibility index (Phi) is 8.12. The molecule has 0 spiro atoms. The molecule has 0 saturated carbocycles. The van der Waals surface area contributed by atoms with Crippen molar-refractivity contribution in [3.05, 3.63) is 90.3 Å². The van der Waals surface area contributed by atoms with Crippen LogP contribution in [0.3, 0.4) is 0 Å². The molecule has 0 atom stereocenters. The molecular formula is C28H23ClN8OS. The van der Waals surface area contributed by atoms with Crippen molar-refractivity contribution in [2.45, 2.75) is 13.0 Å². The van der Waals surface area contributed by atoms with E-state index in [4.69, 9.17) is 16.9 Å². The molecule has 0 aliphatic heterocycles. The van der Waals surface area contributed by atoms with Gasteiger partial charge in [0.1, 0.15) is 0 Å². The Morgan fingerprint density at radius 1 is 1.08 bits per heavy atom. The first-order valence-electron chi connectivity index (χ1n) is 12.0. The van der Waals surface area contributed by atoms with Gasteiger partial charge in [0.15, 0.2) is 11.3 Å². The van der Waals surface area contributed by atoms with Crippen molar-refractivity contribution in [1.82, 2.24) is 19.9 Å². The number of nitrogens with zero attached hydrogens (tertiary/aromatic N) is 5. The van der Waals surface area contributed by atoms with Crippen molar-refractivity contribution in [2.24, 2.45) is 4.99 Å². The Labute approximate surface area is 233 Å². The topological polar surface area (TPSA) is 120 Å². The molecule has 5 aromatic rings. The van der Waals surface area contributed by atoms with Gasteiger partial charge in [0.2, 0.25) is 11.9 Å². The van der Waals surface area contributed by atoms with Gasteiger partial charge in [0.05, 0.1) is 12.1 Å². The molecule has 0 fully saturated rings. The summed E-state index contributed by atoms with van der Waals surface area (Å²) in [4.78, 5) is 26.1. The van der Waals surface area contributed by atoms with Crippen LogP contribution in [0, 0.1) is 11.5 Å². The molecule has 0 bridgehead atoms. The minimum Gasteiger partial charge on any atom is -0.326 e. The first kappa shape index (κ1) is 25.9. The molecule has 1 amide bonds. The van der Waals surface area contributed by atoms with Gasteiger partial charge in [-0.25, -0.2) is 9.98 Å². The summed E-state index contributed by atoms with van der Waals surface area (Å²) < 4.78 is 2.05. The van der Waals surface area contributed by atoms with Crippen LogP contribution in [0.5, 0.6) is 0 Å². The number of carbonyl (C=O) groups excluding carboxylic acids is 1. The summed E-state index contributed by atoms with van der Waals surface area (Å²) in [6.07, 6.45) is 9.29. The molecule has 194 valence electrons. The minimum absolute atomic E-state index is 0.112. The maximum absolute atomic E-state index is 12.0. The number of anilines is 2. The quantitative estimate of drug-likeness (QED) is 0.0738. The standard InChI is InChI=1S/C28H23ClN8OS/c29-11-7-26(38)35-21-4-1-3-19(15-21)23-5-2-6-25-24(23)10-14-37(25)28-33-17-22(39-28)16-32-27(34-18-30)36-20-8-12-31-13-9-20/h1-6,8-10,12-15,17H,7,11,16H2,(H,35,38)(H2,31,32,34,36). The van der Waals surface area contributed by atoms with Gasteiger partial charge in [-0.2, -0.15) is 5.26 Å². The highest BCUT2D eigenvalue weighted by Crippen LogP contribution is 2.33. The van der Waals surface area contributed by atoms with E-state index in [0.717, 1.165) is 43.4 Å². The van der Waals surface area contributed by atoms with Crippen LogP contribution in [0.4, 0.5) is 11.4 Å². The van der Waals surface area contributed by atoms with Crippen LogP contribution in [0.2, 0.25) is 0 Å². The number of halogens is 1. The van der Waals surface area contributed by atoms with Crippen molar-refractivity contribution in [2.75, 3.05) is 16.5 Å². The van der Waals surface area contributed by atoms with Gasteiger partial charge in [-0.3, -0.25) is 19.7 Å². The van der Waals surface area contributed by atoms with Gasteiger partial charge in [0, 0.05) is 58.7 Å². The number of nitriles is 1. The third kappa shape index (κ3) is 6.23. The van der Waals surface area contributed by atoms with Gasteiger partial charge in [-0.05, 0) is 47.5 Å². The first-order valence-corrected chi connectivity index (χ1v) is 13.4. The maximum atomic E-state index is 12.0. The van der Waals surface area contributed by atoms with E-state index in [9.17, 15) is 4.79 Å². The van der Waals surface area contributed by atoms with E-state index >= 15 is 0 Å². The second kappa shape index (κ2) is 12.2. The molecule has 39 heavy (non-hydrogen) atoms. The monoisotopic (exact) mass is 554 g/mol. The van der Waals surface area contributed by atoms with E-state index in [1.165, 1.54) is 11.3 Å². The average Bonchev–Trinajstić information content (AvgIpc) is 3.60. The molecular weight excluding hydrogens is 532 g/mol. The summed E-state index contributed by atoms with van der Waals surface area (Å²) in [5.41, 5.74) is 4.56. The number of nitrogens with one attached hydrogen (secondary N) is 3. The van der Waals surface area contributed by atoms with Crippen LogP contribution in [0.15, 0.2) is 90.4 Å². The number of aromatic nitrogens is 3. The van der Waals surface area contributed by atoms with Crippen molar-refractivity contribution in [3.63, 3.8) is 0 Å². The molecule has 9 nitrogen and oxygen atoms in total. The van der Waals surface area contributed by atoms with Crippen molar-refractivity contribution < 1.29 is 4.79 Å². The summed E-state index contributed by atoms with van der Waals surface area (Å²) in [5.74, 6) is 0.513. The summed E-state index contributed by atoms with van der Waals surface area (Å²) in [7, 11) is 0. The lowest BCUT2D eigenvalue weighted by Crippen LogP contribution is -2.26. The molecule has 3 aromatic heterocycles. The van der Waals surface area contributed by atoms with E-state index in [0.29, 0.717) is 12.5 Å². The Bertz CT molecular complexity index is 1670. The van der Waals surface area contributed by atoms with Crippen molar-refractivity contribution in [1.29, 1.82) is 5.26 Å². The highest BCUT2D eigenvalue weighted by Gasteiger charge is 2.12. The normalized spacial score (nSPS) is 11.2. The third-order valence-electron chi connectivity index (χ3n) is 5.77. The van der Waals surface area contributed by atoms with E-state index in [-0.39, 0.29) is 18.2 Å². The molecule has 0 unspecified atom stereocenters. The number of alkyl halides is 1. The number of guanidine groups is 1. The molecule has 11 heteroatoms. The van der Waals surface area contributed by atoms with Gasteiger partial charge in [-0.1, -0.05) is 35.6 Å². The lowest BCUT2D eigenvalue weighted by Gasteiger charge is -2.09. The van der Waals surface area contributed by atoms with E-state index in [1.807, 2.05) is 47.3 Å². The molecule has 0 aliphatic carbocycles. The van der Waals surface area contributed by atoms with Gasteiger partial charge in [0.25, 0.3) is 0 Å². The zero-order valence-corrected chi connectivity index (χ0v) is 22.2. The fourth-order valence-electron chi connectivity index (χ4n) is 4.03. The predicted octanol–water partition coefficient (Wildman–Crippen LogP) is 5.76. The van der Waals surface area contributed by atoms with E-state index in [1.54, 1.807) is 30.7 Å². The number of pyridine rings is 1. The van der Waals surface area contributed by atoms with Crippen LogP contribution >= 0.6 is 22.9 Å². The van der Waals surface area contributed by atoms with Gasteiger partial charge < -0.3 is 10.6 Å².